The van der Waals surface area contributed by atoms with Crippen LogP contribution in [0.25, 0.3) is 0 Å². The molecule has 3 rings (SSSR count). The number of piperidine rings is 2. The van der Waals surface area contributed by atoms with Gasteiger partial charge in [0.1, 0.15) is 0 Å². The summed E-state index contributed by atoms with van der Waals surface area (Å²) >= 11 is 0. The molecule has 26 heavy (non-hydrogen) atoms. The maximum absolute atomic E-state index is 12.6. The number of hydrogen-bond acceptors (Lipinski definition) is 3. The lowest BCUT2D eigenvalue weighted by atomic mass is 9.96. The van der Waals surface area contributed by atoms with Gasteiger partial charge < -0.3 is 10.2 Å². The summed E-state index contributed by atoms with van der Waals surface area (Å²) in [6, 6.07) is 11.0. The highest BCUT2D eigenvalue weighted by Gasteiger charge is 2.28. The highest BCUT2D eigenvalue weighted by molar-refractivity contribution is 5.80. The van der Waals surface area contributed by atoms with Crippen LogP contribution >= 0.6 is 0 Å². The van der Waals surface area contributed by atoms with E-state index in [4.69, 9.17) is 0 Å². The Morgan fingerprint density at radius 1 is 1.08 bits per heavy atom. The van der Waals surface area contributed by atoms with Crippen LogP contribution in [0, 0.1) is 5.92 Å². The molecule has 2 amide bonds. The Bertz CT molecular complexity index is 605. The SMILES string of the molecule is CC(=O)N1CCC[C@H](C(=O)NC[C@H]2CCCCN2Cc2ccccc2)C1. The van der Waals surface area contributed by atoms with Crippen LogP contribution in [0.15, 0.2) is 30.3 Å². The van der Waals surface area contributed by atoms with Crippen molar-refractivity contribution >= 4 is 11.8 Å². The average Bonchev–Trinajstić information content (AvgIpc) is 2.68. The predicted octanol–water partition coefficient (Wildman–Crippen LogP) is 2.42. The van der Waals surface area contributed by atoms with E-state index in [1.807, 2.05) is 6.07 Å². The second-order valence-electron chi connectivity index (χ2n) is 7.66. The summed E-state index contributed by atoms with van der Waals surface area (Å²) < 4.78 is 0. The standard InChI is InChI=1S/C21H31N3O2/c1-17(25)23-13-7-10-19(16-23)21(26)22-14-20-11-5-6-12-24(20)15-18-8-3-2-4-9-18/h2-4,8-9,19-20H,5-7,10-16H2,1H3,(H,22,26)/t19-,20+/m0/s1. The molecule has 5 nitrogen and oxygen atoms in total. The van der Waals surface area contributed by atoms with Gasteiger partial charge in [-0.05, 0) is 37.8 Å². The van der Waals surface area contributed by atoms with E-state index in [1.165, 1.54) is 18.4 Å². The van der Waals surface area contributed by atoms with Crippen molar-refractivity contribution < 1.29 is 9.59 Å². The fraction of sp³-hybridized carbons (Fsp3) is 0.619. The zero-order chi connectivity index (χ0) is 18.4. The maximum Gasteiger partial charge on any atom is 0.224 e. The molecule has 1 aromatic rings. The van der Waals surface area contributed by atoms with Crippen molar-refractivity contribution in [2.45, 2.75) is 51.6 Å². The van der Waals surface area contributed by atoms with Gasteiger partial charge in [0, 0.05) is 39.1 Å². The van der Waals surface area contributed by atoms with Gasteiger partial charge in [-0.1, -0.05) is 36.8 Å². The number of likely N-dealkylation sites (tertiary alicyclic amines) is 2. The van der Waals surface area contributed by atoms with Gasteiger partial charge in [0.25, 0.3) is 0 Å². The molecule has 0 aliphatic carbocycles. The molecule has 1 N–H and O–H groups in total. The smallest absolute Gasteiger partial charge is 0.224 e. The van der Waals surface area contributed by atoms with Crippen molar-refractivity contribution in [2.75, 3.05) is 26.2 Å². The lowest BCUT2D eigenvalue weighted by Gasteiger charge is -2.36. The Morgan fingerprint density at radius 3 is 2.65 bits per heavy atom. The molecule has 2 aliphatic rings. The molecule has 1 aromatic carbocycles. The van der Waals surface area contributed by atoms with Crippen molar-refractivity contribution in [3.05, 3.63) is 35.9 Å². The van der Waals surface area contributed by atoms with Crippen LogP contribution < -0.4 is 5.32 Å². The summed E-state index contributed by atoms with van der Waals surface area (Å²) in [4.78, 5) is 28.5. The molecule has 0 aromatic heterocycles. The van der Waals surface area contributed by atoms with Gasteiger partial charge in [0.05, 0.1) is 5.92 Å². The van der Waals surface area contributed by atoms with Gasteiger partial charge >= 0.3 is 0 Å². The minimum atomic E-state index is -0.0567. The first kappa shape index (κ1) is 18.9. The molecule has 0 spiro atoms. The topological polar surface area (TPSA) is 52.7 Å². The second kappa shape index (κ2) is 9.17. The van der Waals surface area contributed by atoms with E-state index in [9.17, 15) is 9.59 Å². The Labute approximate surface area is 156 Å². The summed E-state index contributed by atoms with van der Waals surface area (Å²) in [5.74, 6) is 0.129. The number of nitrogens with one attached hydrogen (secondary N) is 1. The molecule has 0 bridgehead atoms. The number of benzene rings is 1. The predicted molar refractivity (Wildman–Crippen MR) is 102 cm³/mol. The molecule has 2 saturated heterocycles. The van der Waals surface area contributed by atoms with Crippen LogP contribution in [0.5, 0.6) is 0 Å². The molecule has 0 unspecified atom stereocenters. The number of amides is 2. The van der Waals surface area contributed by atoms with Gasteiger partial charge in [-0.3, -0.25) is 14.5 Å². The van der Waals surface area contributed by atoms with Gasteiger partial charge in [-0.15, -0.1) is 0 Å². The van der Waals surface area contributed by atoms with Gasteiger partial charge in [-0.2, -0.15) is 0 Å². The van der Waals surface area contributed by atoms with Crippen molar-refractivity contribution in [1.29, 1.82) is 0 Å². The lowest BCUT2D eigenvalue weighted by molar-refractivity contribution is -0.134. The molecule has 2 heterocycles. The van der Waals surface area contributed by atoms with Crippen molar-refractivity contribution in [1.82, 2.24) is 15.1 Å². The first-order valence-corrected chi connectivity index (χ1v) is 9.94. The van der Waals surface area contributed by atoms with E-state index in [1.54, 1.807) is 11.8 Å². The quantitative estimate of drug-likeness (QED) is 0.880. The summed E-state index contributed by atoms with van der Waals surface area (Å²) in [6.07, 6.45) is 5.40. The van der Waals surface area contributed by atoms with E-state index >= 15 is 0 Å². The van der Waals surface area contributed by atoms with E-state index in [0.29, 0.717) is 19.1 Å². The zero-order valence-corrected chi connectivity index (χ0v) is 15.8. The molecule has 5 heteroatoms. The summed E-state index contributed by atoms with van der Waals surface area (Å²) in [6.45, 7) is 5.69. The number of rotatable bonds is 5. The minimum Gasteiger partial charge on any atom is -0.354 e. The summed E-state index contributed by atoms with van der Waals surface area (Å²) in [5.41, 5.74) is 1.33. The number of nitrogens with zero attached hydrogens (tertiary/aromatic N) is 2. The first-order valence-electron chi connectivity index (χ1n) is 9.94. The highest BCUT2D eigenvalue weighted by Crippen LogP contribution is 2.20. The first-order chi connectivity index (χ1) is 12.6. The second-order valence-corrected chi connectivity index (χ2v) is 7.66. The van der Waals surface area contributed by atoms with Crippen LogP contribution in [0.2, 0.25) is 0 Å². The normalized spacial score (nSPS) is 24.3. The fourth-order valence-electron chi connectivity index (χ4n) is 4.16. The lowest BCUT2D eigenvalue weighted by Crippen LogP contribution is -2.49. The third-order valence-corrected chi connectivity index (χ3v) is 5.73. The number of hydrogen-bond donors (Lipinski definition) is 1. The Morgan fingerprint density at radius 2 is 1.88 bits per heavy atom. The highest BCUT2D eigenvalue weighted by atomic mass is 16.2. The Kier molecular flexibility index (Phi) is 6.67. The van der Waals surface area contributed by atoms with Crippen molar-refractivity contribution in [3.63, 3.8) is 0 Å². The summed E-state index contributed by atoms with van der Waals surface area (Å²) in [7, 11) is 0. The van der Waals surface area contributed by atoms with E-state index in [2.05, 4.69) is 34.5 Å². The third-order valence-electron chi connectivity index (χ3n) is 5.73. The molecule has 142 valence electrons. The Balaban J connectivity index is 1.51. The molecular weight excluding hydrogens is 326 g/mol. The monoisotopic (exact) mass is 357 g/mol. The zero-order valence-electron chi connectivity index (χ0n) is 15.8. The van der Waals surface area contributed by atoms with Gasteiger partial charge in [0.15, 0.2) is 0 Å². The van der Waals surface area contributed by atoms with Gasteiger partial charge in [0.2, 0.25) is 11.8 Å². The Hall–Kier alpha value is -1.88. The largest absolute Gasteiger partial charge is 0.354 e. The van der Waals surface area contributed by atoms with Crippen LogP contribution in [0.4, 0.5) is 0 Å². The maximum atomic E-state index is 12.6. The molecule has 0 radical (unpaired) electrons. The molecular formula is C21H31N3O2. The van der Waals surface area contributed by atoms with Crippen LogP contribution in [-0.4, -0.2) is 53.8 Å². The van der Waals surface area contributed by atoms with E-state index in [-0.39, 0.29) is 17.7 Å². The van der Waals surface area contributed by atoms with E-state index < -0.39 is 0 Å². The fourth-order valence-corrected chi connectivity index (χ4v) is 4.16. The van der Waals surface area contributed by atoms with Crippen LogP contribution in [0.3, 0.4) is 0 Å². The third kappa shape index (κ3) is 5.07. The average molecular weight is 357 g/mol. The molecule has 2 fully saturated rings. The number of carbonyl (C=O) groups is 2. The summed E-state index contributed by atoms with van der Waals surface area (Å²) in [5, 5.41) is 3.18. The van der Waals surface area contributed by atoms with Gasteiger partial charge in [-0.25, -0.2) is 0 Å². The minimum absolute atomic E-state index is 0.0567. The molecule has 2 atom stereocenters. The van der Waals surface area contributed by atoms with E-state index in [0.717, 1.165) is 38.9 Å². The van der Waals surface area contributed by atoms with Crippen molar-refractivity contribution in [3.8, 4) is 0 Å². The number of carbonyl (C=O) groups excluding carboxylic acids is 2. The van der Waals surface area contributed by atoms with Crippen LogP contribution in [0.1, 0.15) is 44.6 Å². The molecule has 0 saturated carbocycles. The van der Waals surface area contributed by atoms with Crippen LogP contribution in [-0.2, 0) is 16.1 Å². The van der Waals surface area contributed by atoms with Crippen molar-refractivity contribution in [2.24, 2.45) is 5.92 Å². The molecule has 2 aliphatic heterocycles.